The van der Waals surface area contributed by atoms with Crippen molar-refractivity contribution in [2.45, 2.75) is 13.1 Å². The van der Waals surface area contributed by atoms with Crippen LogP contribution in [0.4, 0.5) is 10.1 Å². The highest BCUT2D eigenvalue weighted by Gasteiger charge is 2.18. The number of aromatic nitrogens is 3. The summed E-state index contributed by atoms with van der Waals surface area (Å²) >= 11 is 1.02. The van der Waals surface area contributed by atoms with Crippen LogP contribution in [0, 0.1) is 5.82 Å². The Morgan fingerprint density at radius 3 is 2.52 bits per heavy atom. The molecule has 0 spiro atoms. The van der Waals surface area contributed by atoms with Crippen LogP contribution in [0.25, 0.3) is 11.0 Å². The normalized spacial score (nSPS) is 10.9. The molecule has 0 aliphatic heterocycles. The summed E-state index contributed by atoms with van der Waals surface area (Å²) in [5.41, 5.74) is 0.0322. The Labute approximate surface area is 167 Å². The van der Waals surface area contributed by atoms with Gasteiger partial charge in [0.1, 0.15) is 12.4 Å². The van der Waals surface area contributed by atoms with Crippen LogP contribution in [0.1, 0.15) is 5.56 Å². The minimum Gasteiger partial charge on any atom is -0.322 e. The van der Waals surface area contributed by atoms with Gasteiger partial charge in [-0.15, -0.1) is 0 Å². The minimum atomic E-state index is -0.629. The number of halogens is 1. The van der Waals surface area contributed by atoms with Crippen LogP contribution in [0.3, 0.4) is 0 Å². The maximum atomic E-state index is 13.8. The molecule has 0 aliphatic rings. The Bertz CT molecular complexity index is 1310. The Hall–Kier alpha value is -3.59. The number of hydrogen-bond donors (Lipinski definition) is 1. The predicted molar refractivity (Wildman–Crippen MR) is 109 cm³/mol. The number of benzene rings is 2. The lowest BCUT2D eigenvalue weighted by Crippen LogP contribution is -2.41. The fraction of sp³-hybridized carbons (Fsp3) is 0.100. The maximum absolute atomic E-state index is 13.8. The Kier molecular flexibility index (Phi) is 5.05. The standard InChI is InChI=1S/C20H15FN4O3S/c21-14-8-4-5-9-15(14)22-17(26)11-24-16-12-29-23-18(16)19(27)25(20(24)28)10-13-6-2-1-3-7-13/h1-9,12H,10-11H2,(H,22,26). The SMILES string of the molecule is O=C(Cn1c(=O)n(Cc2ccccc2)c(=O)c2nscc21)Nc1ccccc1F. The minimum absolute atomic E-state index is 0.0165. The van der Waals surface area contributed by atoms with Crippen molar-refractivity contribution >= 4 is 34.2 Å². The second kappa shape index (κ2) is 7.80. The van der Waals surface area contributed by atoms with Crippen molar-refractivity contribution in [1.82, 2.24) is 13.5 Å². The number of fused-ring (bicyclic) bond motifs is 1. The van der Waals surface area contributed by atoms with Gasteiger partial charge in [-0.25, -0.2) is 9.18 Å². The van der Waals surface area contributed by atoms with Crippen LogP contribution < -0.4 is 16.6 Å². The lowest BCUT2D eigenvalue weighted by atomic mass is 10.2. The summed E-state index contributed by atoms with van der Waals surface area (Å²) in [5.74, 6) is -1.17. The van der Waals surface area contributed by atoms with Gasteiger partial charge in [0.25, 0.3) is 5.56 Å². The Morgan fingerprint density at radius 2 is 1.76 bits per heavy atom. The van der Waals surface area contributed by atoms with E-state index in [4.69, 9.17) is 0 Å². The average molecular weight is 410 g/mol. The maximum Gasteiger partial charge on any atom is 0.332 e. The third-order valence-electron chi connectivity index (χ3n) is 4.38. The fourth-order valence-corrected chi connectivity index (χ4v) is 3.66. The van der Waals surface area contributed by atoms with Crippen LogP contribution in [0.2, 0.25) is 0 Å². The molecule has 4 aromatic rings. The highest BCUT2D eigenvalue weighted by Crippen LogP contribution is 2.14. The van der Waals surface area contributed by atoms with Crippen molar-refractivity contribution in [3.05, 3.63) is 92.2 Å². The molecule has 29 heavy (non-hydrogen) atoms. The van der Waals surface area contributed by atoms with E-state index in [9.17, 15) is 18.8 Å². The largest absolute Gasteiger partial charge is 0.332 e. The third kappa shape index (κ3) is 3.72. The van der Waals surface area contributed by atoms with Crippen LogP contribution in [-0.4, -0.2) is 19.4 Å². The van der Waals surface area contributed by atoms with E-state index in [1.165, 1.54) is 22.8 Å². The highest BCUT2D eigenvalue weighted by atomic mass is 32.1. The molecule has 2 aromatic carbocycles. The summed E-state index contributed by atoms with van der Waals surface area (Å²) in [7, 11) is 0. The Morgan fingerprint density at radius 1 is 1.03 bits per heavy atom. The molecule has 0 radical (unpaired) electrons. The molecular formula is C20H15FN4O3S. The van der Waals surface area contributed by atoms with Gasteiger partial charge >= 0.3 is 5.69 Å². The summed E-state index contributed by atoms with van der Waals surface area (Å²) in [6, 6.07) is 14.8. The smallest absolute Gasteiger partial charge is 0.322 e. The molecule has 2 heterocycles. The number of hydrogen-bond acceptors (Lipinski definition) is 5. The van der Waals surface area contributed by atoms with Gasteiger partial charge in [-0.05, 0) is 29.2 Å². The lowest BCUT2D eigenvalue weighted by Gasteiger charge is -2.12. The van der Waals surface area contributed by atoms with E-state index >= 15 is 0 Å². The van der Waals surface area contributed by atoms with Crippen molar-refractivity contribution in [3.8, 4) is 0 Å². The molecule has 1 N–H and O–H groups in total. The lowest BCUT2D eigenvalue weighted by molar-refractivity contribution is -0.116. The number of amides is 1. The molecular weight excluding hydrogens is 395 g/mol. The number of nitrogens with zero attached hydrogens (tertiary/aromatic N) is 3. The zero-order valence-corrected chi connectivity index (χ0v) is 15.9. The highest BCUT2D eigenvalue weighted by molar-refractivity contribution is 7.04. The average Bonchev–Trinajstić information content (AvgIpc) is 3.21. The summed E-state index contributed by atoms with van der Waals surface area (Å²) in [6.45, 7) is -0.321. The number of rotatable bonds is 5. The summed E-state index contributed by atoms with van der Waals surface area (Å²) in [4.78, 5) is 38.2. The van der Waals surface area contributed by atoms with E-state index in [1.54, 1.807) is 23.6 Å². The third-order valence-corrected chi connectivity index (χ3v) is 5.00. The predicted octanol–water partition coefficient (Wildman–Crippen LogP) is 2.45. The van der Waals surface area contributed by atoms with Crippen molar-refractivity contribution < 1.29 is 9.18 Å². The van der Waals surface area contributed by atoms with Gasteiger partial charge in [0.15, 0.2) is 5.52 Å². The van der Waals surface area contributed by atoms with Crippen molar-refractivity contribution in [1.29, 1.82) is 0 Å². The van der Waals surface area contributed by atoms with Gasteiger partial charge in [-0.1, -0.05) is 42.5 Å². The Balaban J connectivity index is 1.73. The molecule has 0 saturated carbocycles. The second-order valence-corrected chi connectivity index (χ2v) is 6.95. The number of anilines is 1. The van der Waals surface area contributed by atoms with Crippen LogP contribution in [0.15, 0.2) is 69.6 Å². The van der Waals surface area contributed by atoms with Gasteiger partial charge < -0.3 is 5.32 Å². The van der Waals surface area contributed by atoms with E-state index in [-0.39, 0.29) is 29.8 Å². The quantitative estimate of drug-likeness (QED) is 0.548. The van der Waals surface area contributed by atoms with E-state index in [0.717, 1.165) is 21.7 Å². The first-order valence-electron chi connectivity index (χ1n) is 8.70. The van der Waals surface area contributed by atoms with E-state index in [1.807, 2.05) is 18.2 Å². The van der Waals surface area contributed by atoms with Crippen molar-refractivity contribution in [2.75, 3.05) is 5.32 Å². The molecule has 0 unspecified atom stereocenters. The first-order valence-corrected chi connectivity index (χ1v) is 9.54. The number of nitrogens with one attached hydrogen (secondary N) is 1. The monoisotopic (exact) mass is 410 g/mol. The fourth-order valence-electron chi connectivity index (χ4n) is 2.99. The molecule has 4 rings (SSSR count). The molecule has 9 heteroatoms. The zero-order chi connectivity index (χ0) is 20.4. The zero-order valence-electron chi connectivity index (χ0n) is 15.0. The summed E-state index contributed by atoms with van der Waals surface area (Å²) in [5, 5.41) is 3.99. The van der Waals surface area contributed by atoms with Gasteiger partial charge in [-0.2, -0.15) is 4.37 Å². The molecule has 146 valence electrons. The summed E-state index contributed by atoms with van der Waals surface area (Å²) in [6.07, 6.45) is 0. The molecule has 0 aliphatic carbocycles. The van der Waals surface area contributed by atoms with Crippen LogP contribution in [0.5, 0.6) is 0 Å². The van der Waals surface area contributed by atoms with Crippen LogP contribution >= 0.6 is 11.5 Å². The van der Waals surface area contributed by atoms with E-state index in [0.29, 0.717) is 0 Å². The first kappa shape index (κ1) is 18.8. The molecule has 7 nitrogen and oxygen atoms in total. The number of para-hydroxylation sites is 1. The summed E-state index contributed by atoms with van der Waals surface area (Å²) < 4.78 is 20.1. The molecule has 0 bridgehead atoms. The second-order valence-electron chi connectivity index (χ2n) is 6.32. The molecule has 2 aromatic heterocycles. The van der Waals surface area contributed by atoms with Gasteiger partial charge in [0.2, 0.25) is 5.91 Å². The molecule has 1 amide bonds. The van der Waals surface area contributed by atoms with Gasteiger partial charge in [0, 0.05) is 5.38 Å². The molecule has 0 atom stereocenters. The first-order chi connectivity index (χ1) is 14.0. The molecule has 0 fully saturated rings. The van der Waals surface area contributed by atoms with Crippen LogP contribution in [-0.2, 0) is 17.9 Å². The van der Waals surface area contributed by atoms with Gasteiger partial charge in [-0.3, -0.25) is 18.7 Å². The topological polar surface area (TPSA) is 86.0 Å². The van der Waals surface area contributed by atoms with Crippen molar-refractivity contribution in [3.63, 3.8) is 0 Å². The number of carbonyl (C=O) groups excluding carboxylic acids is 1. The van der Waals surface area contributed by atoms with E-state index < -0.39 is 23.0 Å². The molecule has 0 saturated heterocycles. The van der Waals surface area contributed by atoms with Crippen molar-refractivity contribution in [2.24, 2.45) is 0 Å². The van der Waals surface area contributed by atoms with E-state index in [2.05, 4.69) is 9.69 Å². The number of carbonyl (C=O) groups is 1. The van der Waals surface area contributed by atoms with Gasteiger partial charge in [0.05, 0.1) is 17.7 Å².